The van der Waals surface area contributed by atoms with Crippen LogP contribution in [0.4, 0.5) is 4.39 Å². The smallest absolute Gasteiger partial charge is 0.138 e. The third-order valence-corrected chi connectivity index (χ3v) is 3.25. The summed E-state index contributed by atoms with van der Waals surface area (Å²) < 4.78 is 18.1. The van der Waals surface area contributed by atoms with E-state index in [1.165, 1.54) is 12.1 Å². The summed E-state index contributed by atoms with van der Waals surface area (Å²) >= 11 is 6.06. The first kappa shape index (κ1) is 12.0. The number of ether oxygens (including phenoxy) is 1. The van der Waals surface area contributed by atoms with E-state index in [4.69, 9.17) is 16.3 Å². The summed E-state index contributed by atoms with van der Waals surface area (Å²) in [6.07, 6.45) is 0. The Morgan fingerprint density at radius 1 is 1.21 bits per heavy atom. The first-order valence-electron chi connectivity index (χ1n) is 5.66. The molecule has 1 N–H and O–H groups in total. The predicted octanol–water partition coefficient (Wildman–Crippen LogP) is 4.03. The zero-order valence-corrected chi connectivity index (χ0v) is 10.8. The highest BCUT2D eigenvalue weighted by atomic mass is 35.5. The number of hydrogen-bond acceptors (Lipinski definition) is 2. The molecule has 0 spiro atoms. The van der Waals surface area contributed by atoms with Crippen molar-refractivity contribution in [3.05, 3.63) is 47.2 Å². The number of aromatic amines is 1. The molecule has 19 heavy (non-hydrogen) atoms. The second-order valence-electron chi connectivity index (χ2n) is 4.11. The van der Waals surface area contributed by atoms with Crippen molar-refractivity contribution in [1.82, 2.24) is 10.2 Å². The Labute approximate surface area is 114 Å². The van der Waals surface area contributed by atoms with E-state index >= 15 is 0 Å². The second kappa shape index (κ2) is 4.55. The van der Waals surface area contributed by atoms with Crippen molar-refractivity contribution >= 4 is 22.5 Å². The first-order valence-corrected chi connectivity index (χ1v) is 6.04. The summed E-state index contributed by atoms with van der Waals surface area (Å²) in [5.41, 5.74) is 2.38. The van der Waals surface area contributed by atoms with Crippen LogP contribution >= 0.6 is 11.6 Å². The van der Waals surface area contributed by atoms with E-state index in [0.29, 0.717) is 10.8 Å². The standard InChI is InChI=1S/C14H10ClFN2O/c1-19-13-6-10-12(7-11(13)15)17-18-14(10)8-2-4-9(16)5-3-8/h2-7H,1H3,(H,17,18). The van der Waals surface area contributed by atoms with Gasteiger partial charge in [-0.25, -0.2) is 4.39 Å². The molecule has 0 fully saturated rings. The number of aromatic nitrogens is 2. The van der Waals surface area contributed by atoms with Crippen molar-refractivity contribution in [2.24, 2.45) is 0 Å². The zero-order chi connectivity index (χ0) is 13.4. The topological polar surface area (TPSA) is 37.9 Å². The molecule has 0 atom stereocenters. The van der Waals surface area contributed by atoms with Gasteiger partial charge in [0.1, 0.15) is 17.3 Å². The van der Waals surface area contributed by atoms with Crippen molar-refractivity contribution < 1.29 is 9.13 Å². The lowest BCUT2D eigenvalue weighted by atomic mass is 10.1. The number of benzene rings is 2. The van der Waals surface area contributed by atoms with E-state index < -0.39 is 0 Å². The molecular formula is C14H10ClFN2O. The van der Waals surface area contributed by atoms with E-state index in [-0.39, 0.29) is 5.82 Å². The minimum absolute atomic E-state index is 0.274. The third kappa shape index (κ3) is 2.04. The van der Waals surface area contributed by atoms with Crippen molar-refractivity contribution in [2.45, 2.75) is 0 Å². The molecular weight excluding hydrogens is 267 g/mol. The maximum atomic E-state index is 12.9. The summed E-state index contributed by atoms with van der Waals surface area (Å²) in [6, 6.07) is 9.76. The SMILES string of the molecule is COc1cc2c(-c3ccc(F)cc3)n[nH]c2cc1Cl. The molecule has 0 aliphatic carbocycles. The van der Waals surface area contributed by atoms with Crippen LogP contribution < -0.4 is 4.74 Å². The van der Waals surface area contributed by atoms with Crippen molar-refractivity contribution in [1.29, 1.82) is 0 Å². The van der Waals surface area contributed by atoms with Gasteiger partial charge in [0.25, 0.3) is 0 Å². The summed E-state index contributed by atoms with van der Waals surface area (Å²) in [5, 5.41) is 8.56. The average molecular weight is 277 g/mol. The van der Waals surface area contributed by atoms with Crippen LogP contribution in [0, 0.1) is 5.82 Å². The molecule has 0 aliphatic rings. The van der Waals surface area contributed by atoms with Gasteiger partial charge in [-0.1, -0.05) is 11.6 Å². The lowest BCUT2D eigenvalue weighted by molar-refractivity contribution is 0.415. The molecule has 0 aliphatic heterocycles. The van der Waals surface area contributed by atoms with Crippen molar-refractivity contribution in [2.75, 3.05) is 7.11 Å². The van der Waals surface area contributed by atoms with E-state index in [9.17, 15) is 4.39 Å². The molecule has 5 heteroatoms. The van der Waals surface area contributed by atoms with Crippen LogP contribution in [0.1, 0.15) is 0 Å². The van der Waals surface area contributed by atoms with Crippen molar-refractivity contribution in [3.8, 4) is 17.0 Å². The number of H-pyrrole nitrogens is 1. The second-order valence-corrected chi connectivity index (χ2v) is 4.52. The maximum Gasteiger partial charge on any atom is 0.138 e. The average Bonchev–Trinajstić information content (AvgIpc) is 2.81. The molecule has 1 heterocycles. The van der Waals surface area contributed by atoms with Gasteiger partial charge >= 0.3 is 0 Å². The highest BCUT2D eigenvalue weighted by Crippen LogP contribution is 2.34. The Morgan fingerprint density at radius 2 is 1.95 bits per heavy atom. The van der Waals surface area contributed by atoms with Crippen LogP contribution in [0.15, 0.2) is 36.4 Å². The Kier molecular flexibility index (Phi) is 2.87. The quantitative estimate of drug-likeness (QED) is 0.767. The monoisotopic (exact) mass is 276 g/mol. The van der Waals surface area contributed by atoms with Gasteiger partial charge in [0.2, 0.25) is 0 Å². The van der Waals surface area contributed by atoms with Crippen LogP contribution in [0.3, 0.4) is 0 Å². The number of nitrogens with zero attached hydrogens (tertiary/aromatic N) is 1. The number of rotatable bonds is 2. The van der Waals surface area contributed by atoms with Crippen LogP contribution in [0.5, 0.6) is 5.75 Å². The van der Waals surface area contributed by atoms with Gasteiger partial charge in [-0.2, -0.15) is 5.10 Å². The molecule has 3 aromatic rings. The summed E-state index contributed by atoms with van der Waals surface area (Å²) in [6.45, 7) is 0. The van der Waals surface area contributed by atoms with Gasteiger partial charge in [-0.05, 0) is 36.4 Å². The van der Waals surface area contributed by atoms with E-state index in [2.05, 4.69) is 10.2 Å². The van der Waals surface area contributed by atoms with Crippen LogP contribution in [0.25, 0.3) is 22.2 Å². The highest BCUT2D eigenvalue weighted by Gasteiger charge is 2.11. The molecule has 3 nitrogen and oxygen atoms in total. The summed E-state index contributed by atoms with van der Waals surface area (Å²) in [5.74, 6) is 0.308. The van der Waals surface area contributed by atoms with Gasteiger partial charge in [-0.15, -0.1) is 0 Å². The maximum absolute atomic E-state index is 12.9. The van der Waals surface area contributed by atoms with Crippen LogP contribution in [-0.4, -0.2) is 17.3 Å². The Hall–Kier alpha value is -2.07. The Morgan fingerprint density at radius 3 is 2.63 bits per heavy atom. The number of fused-ring (bicyclic) bond motifs is 1. The number of hydrogen-bond donors (Lipinski definition) is 1. The van der Waals surface area contributed by atoms with Gasteiger partial charge < -0.3 is 4.74 Å². The van der Waals surface area contributed by atoms with Crippen LogP contribution in [-0.2, 0) is 0 Å². The normalized spacial score (nSPS) is 10.9. The van der Waals surface area contributed by atoms with E-state index in [1.807, 2.05) is 6.07 Å². The largest absolute Gasteiger partial charge is 0.495 e. The lowest BCUT2D eigenvalue weighted by Gasteiger charge is -2.03. The molecule has 0 amide bonds. The highest BCUT2D eigenvalue weighted by molar-refractivity contribution is 6.32. The molecule has 2 aromatic carbocycles. The molecule has 96 valence electrons. The molecule has 3 rings (SSSR count). The molecule has 0 radical (unpaired) electrons. The number of nitrogens with one attached hydrogen (secondary N) is 1. The van der Waals surface area contributed by atoms with E-state index in [0.717, 1.165) is 22.2 Å². The van der Waals surface area contributed by atoms with Crippen LogP contribution in [0.2, 0.25) is 5.02 Å². The van der Waals surface area contributed by atoms with Gasteiger partial charge in [0.05, 0.1) is 17.6 Å². The number of halogens is 2. The van der Waals surface area contributed by atoms with Gasteiger partial charge in [0.15, 0.2) is 0 Å². The minimum atomic E-state index is -0.274. The first-order chi connectivity index (χ1) is 9.19. The molecule has 0 saturated heterocycles. The fourth-order valence-corrected chi connectivity index (χ4v) is 2.24. The third-order valence-electron chi connectivity index (χ3n) is 2.95. The van der Waals surface area contributed by atoms with Gasteiger partial charge in [-0.3, -0.25) is 5.10 Å². The molecule has 0 saturated carbocycles. The molecule has 0 unspecified atom stereocenters. The summed E-state index contributed by atoms with van der Waals surface area (Å²) in [7, 11) is 1.56. The number of methoxy groups -OCH3 is 1. The predicted molar refractivity (Wildman–Crippen MR) is 73.0 cm³/mol. The zero-order valence-electron chi connectivity index (χ0n) is 10.1. The Bertz CT molecular complexity index is 737. The lowest BCUT2D eigenvalue weighted by Crippen LogP contribution is -1.84. The van der Waals surface area contributed by atoms with Gasteiger partial charge in [0, 0.05) is 10.9 Å². The fourth-order valence-electron chi connectivity index (χ4n) is 2.00. The molecule has 0 bridgehead atoms. The minimum Gasteiger partial charge on any atom is -0.495 e. The van der Waals surface area contributed by atoms with Crippen molar-refractivity contribution in [3.63, 3.8) is 0 Å². The fraction of sp³-hybridized carbons (Fsp3) is 0.0714. The Balaban J connectivity index is 2.21. The van der Waals surface area contributed by atoms with E-state index in [1.54, 1.807) is 25.3 Å². The summed E-state index contributed by atoms with van der Waals surface area (Å²) in [4.78, 5) is 0. The molecule has 1 aromatic heterocycles.